The molecule has 3 N–H and O–H groups in total. The number of H-pyrrole nitrogens is 1. The summed E-state index contributed by atoms with van der Waals surface area (Å²) in [5, 5.41) is 9.01. The minimum Gasteiger partial charge on any atom is -0.351 e. The first-order valence-corrected chi connectivity index (χ1v) is 10.7. The van der Waals surface area contributed by atoms with E-state index in [9.17, 15) is 9.59 Å². The predicted octanol–water partition coefficient (Wildman–Crippen LogP) is 3.47. The van der Waals surface area contributed by atoms with Gasteiger partial charge < -0.3 is 10.6 Å². The summed E-state index contributed by atoms with van der Waals surface area (Å²) in [4.78, 5) is 34.2. The molecule has 0 aliphatic heterocycles. The number of nitrogens with zero attached hydrogens (tertiary/aromatic N) is 3. The molecular weight excluding hydrogens is 404 g/mol. The smallest absolute Gasteiger partial charge is 0.277 e. The van der Waals surface area contributed by atoms with E-state index in [1.165, 1.54) is 10.1 Å². The molecule has 0 radical (unpaired) electrons. The average Bonchev–Trinajstić information content (AvgIpc) is 3.22. The Hall–Kier alpha value is -3.94. The van der Waals surface area contributed by atoms with Crippen LogP contribution < -0.4 is 16.2 Å². The van der Waals surface area contributed by atoms with Crippen molar-refractivity contribution in [3.05, 3.63) is 87.3 Å². The lowest BCUT2D eigenvalue weighted by atomic mass is 10.1. The summed E-state index contributed by atoms with van der Waals surface area (Å²) in [6, 6.07) is 17.7. The number of aryl methyl sites for hydroxylation is 2. The van der Waals surface area contributed by atoms with Crippen molar-refractivity contribution in [2.24, 2.45) is 0 Å². The molecule has 8 heteroatoms. The summed E-state index contributed by atoms with van der Waals surface area (Å²) >= 11 is 0. The van der Waals surface area contributed by atoms with Gasteiger partial charge in [0, 0.05) is 24.2 Å². The van der Waals surface area contributed by atoms with Crippen molar-refractivity contribution in [2.45, 2.75) is 39.7 Å². The van der Waals surface area contributed by atoms with Crippen LogP contribution >= 0.6 is 0 Å². The predicted molar refractivity (Wildman–Crippen MR) is 125 cm³/mol. The highest BCUT2D eigenvalue weighted by Gasteiger charge is 2.15. The SMILES string of the molecule is CCc1ccc(NC(=O)CCc2c(C)nc3nc(NCc4ccccc4)[nH]n3c2=O)cc1. The summed E-state index contributed by atoms with van der Waals surface area (Å²) in [6.45, 7) is 4.42. The van der Waals surface area contributed by atoms with E-state index in [1.54, 1.807) is 6.92 Å². The third-order valence-corrected chi connectivity index (χ3v) is 5.35. The largest absolute Gasteiger partial charge is 0.351 e. The molecule has 0 fully saturated rings. The van der Waals surface area contributed by atoms with Crippen molar-refractivity contribution in [2.75, 3.05) is 10.6 Å². The van der Waals surface area contributed by atoms with Crippen LogP contribution in [0.3, 0.4) is 0 Å². The minimum atomic E-state index is -0.243. The van der Waals surface area contributed by atoms with Crippen molar-refractivity contribution in [1.82, 2.24) is 19.6 Å². The number of aromatic amines is 1. The summed E-state index contributed by atoms with van der Waals surface area (Å²) in [5.41, 5.74) is 3.89. The number of fused-ring (bicyclic) bond motifs is 1. The Balaban J connectivity index is 1.44. The van der Waals surface area contributed by atoms with Crippen LogP contribution in [0.2, 0.25) is 0 Å². The third-order valence-electron chi connectivity index (χ3n) is 5.35. The van der Waals surface area contributed by atoms with Gasteiger partial charge >= 0.3 is 0 Å². The zero-order chi connectivity index (χ0) is 22.5. The van der Waals surface area contributed by atoms with Crippen LogP contribution in [0.25, 0.3) is 5.78 Å². The molecule has 164 valence electrons. The van der Waals surface area contributed by atoms with Crippen molar-refractivity contribution >= 4 is 23.3 Å². The maximum atomic E-state index is 13.0. The number of rotatable bonds is 8. The van der Waals surface area contributed by atoms with Gasteiger partial charge in [-0.25, -0.2) is 4.98 Å². The zero-order valence-corrected chi connectivity index (χ0v) is 18.2. The van der Waals surface area contributed by atoms with Gasteiger partial charge in [0.05, 0.1) is 5.69 Å². The molecule has 0 saturated heterocycles. The number of hydrogen-bond acceptors (Lipinski definition) is 5. The maximum Gasteiger partial charge on any atom is 0.277 e. The molecule has 32 heavy (non-hydrogen) atoms. The number of carbonyl (C=O) groups excluding carboxylic acids is 1. The Bertz CT molecular complexity index is 1280. The molecule has 2 aromatic carbocycles. The first-order chi connectivity index (χ1) is 15.5. The van der Waals surface area contributed by atoms with Gasteiger partial charge in [-0.1, -0.05) is 49.4 Å². The fraction of sp³-hybridized carbons (Fsp3) is 0.250. The molecule has 0 aliphatic carbocycles. The fourth-order valence-corrected chi connectivity index (χ4v) is 3.49. The van der Waals surface area contributed by atoms with Crippen LogP contribution in [0.1, 0.15) is 35.7 Å². The normalized spacial score (nSPS) is 10.9. The number of amides is 1. The van der Waals surface area contributed by atoms with Crippen molar-refractivity contribution in [3.8, 4) is 0 Å². The Morgan fingerprint density at radius 3 is 2.50 bits per heavy atom. The van der Waals surface area contributed by atoms with Crippen LogP contribution in [0.5, 0.6) is 0 Å². The molecule has 0 spiro atoms. The number of anilines is 2. The van der Waals surface area contributed by atoms with Crippen LogP contribution in [-0.4, -0.2) is 25.5 Å². The second-order valence-electron chi connectivity index (χ2n) is 7.63. The molecular formula is C24H26N6O2. The van der Waals surface area contributed by atoms with E-state index in [0.29, 0.717) is 35.9 Å². The lowest BCUT2D eigenvalue weighted by Gasteiger charge is -2.07. The number of carbonyl (C=O) groups is 1. The van der Waals surface area contributed by atoms with Crippen molar-refractivity contribution in [3.63, 3.8) is 0 Å². The van der Waals surface area contributed by atoms with E-state index in [4.69, 9.17) is 0 Å². The minimum absolute atomic E-state index is 0.145. The summed E-state index contributed by atoms with van der Waals surface area (Å²) < 4.78 is 1.32. The molecule has 1 amide bonds. The van der Waals surface area contributed by atoms with Crippen LogP contribution in [0.4, 0.5) is 11.6 Å². The lowest BCUT2D eigenvalue weighted by Crippen LogP contribution is -2.23. The van der Waals surface area contributed by atoms with Gasteiger partial charge in [-0.2, -0.15) is 9.50 Å². The standard InChI is InChI=1S/C24H26N6O2/c1-3-17-9-11-19(12-10-17)27-21(31)14-13-20-16(2)26-24-28-23(29-30(24)22(20)32)25-15-18-7-5-4-6-8-18/h4-12H,3,13-15H2,1-2H3,(H,27,31)(H2,25,26,28,29). The molecule has 0 atom stereocenters. The molecule has 0 unspecified atom stereocenters. The van der Waals surface area contributed by atoms with Gasteiger partial charge in [0.15, 0.2) is 0 Å². The van der Waals surface area contributed by atoms with Gasteiger partial charge in [0.25, 0.3) is 11.3 Å². The molecule has 0 aliphatic rings. The van der Waals surface area contributed by atoms with Crippen molar-refractivity contribution in [1.29, 1.82) is 0 Å². The summed E-state index contributed by atoms with van der Waals surface area (Å²) in [5.74, 6) is 0.614. The van der Waals surface area contributed by atoms with Crippen LogP contribution in [-0.2, 0) is 24.2 Å². The second kappa shape index (κ2) is 9.47. The topological polar surface area (TPSA) is 104 Å². The first-order valence-electron chi connectivity index (χ1n) is 10.7. The first kappa shape index (κ1) is 21.3. The Morgan fingerprint density at radius 2 is 1.78 bits per heavy atom. The van der Waals surface area contributed by atoms with E-state index >= 15 is 0 Å². The number of nitrogens with one attached hydrogen (secondary N) is 3. The Morgan fingerprint density at radius 1 is 1.03 bits per heavy atom. The third kappa shape index (κ3) is 4.85. The van der Waals surface area contributed by atoms with Crippen LogP contribution in [0, 0.1) is 6.92 Å². The highest BCUT2D eigenvalue weighted by molar-refractivity contribution is 5.90. The van der Waals surface area contributed by atoms with E-state index in [1.807, 2.05) is 54.6 Å². The number of benzene rings is 2. The molecule has 2 aromatic heterocycles. The van der Waals surface area contributed by atoms with E-state index in [-0.39, 0.29) is 17.9 Å². The zero-order valence-electron chi connectivity index (χ0n) is 18.2. The van der Waals surface area contributed by atoms with E-state index in [0.717, 1.165) is 17.7 Å². The van der Waals surface area contributed by atoms with Gasteiger partial charge in [0.1, 0.15) is 0 Å². The molecule has 0 bridgehead atoms. The average molecular weight is 431 g/mol. The summed E-state index contributed by atoms with van der Waals surface area (Å²) in [7, 11) is 0. The van der Waals surface area contributed by atoms with Gasteiger partial charge in [-0.3, -0.25) is 14.7 Å². The quantitative estimate of drug-likeness (QED) is 0.397. The van der Waals surface area contributed by atoms with E-state index < -0.39 is 0 Å². The number of hydrogen-bond donors (Lipinski definition) is 3. The van der Waals surface area contributed by atoms with Gasteiger partial charge in [-0.15, -0.1) is 0 Å². The Labute approximate surface area is 185 Å². The van der Waals surface area contributed by atoms with Crippen LogP contribution in [0.15, 0.2) is 59.4 Å². The summed E-state index contributed by atoms with van der Waals surface area (Å²) in [6.07, 6.45) is 1.43. The maximum absolute atomic E-state index is 13.0. The molecule has 4 aromatic rings. The fourth-order valence-electron chi connectivity index (χ4n) is 3.49. The second-order valence-corrected chi connectivity index (χ2v) is 7.63. The van der Waals surface area contributed by atoms with E-state index in [2.05, 4.69) is 32.6 Å². The van der Waals surface area contributed by atoms with Gasteiger partial charge in [0.2, 0.25) is 11.9 Å². The Kier molecular flexibility index (Phi) is 6.30. The highest BCUT2D eigenvalue weighted by Crippen LogP contribution is 2.12. The molecule has 4 rings (SSSR count). The number of aromatic nitrogens is 4. The molecule has 0 saturated carbocycles. The molecule has 8 nitrogen and oxygen atoms in total. The van der Waals surface area contributed by atoms with Crippen molar-refractivity contribution < 1.29 is 4.79 Å². The monoisotopic (exact) mass is 430 g/mol. The lowest BCUT2D eigenvalue weighted by molar-refractivity contribution is -0.116. The van der Waals surface area contributed by atoms with Gasteiger partial charge in [-0.05, 0) is 43.0 Å². The molecule has 2 heterocycles. The highest BCUT2D eigenvalue weighted by atomic mass is 16.1.